The lowest BCUT2D eigenvalue weighted by Crippen LogP contribution is -2.51. The van der Waals surface area contributed by atoms with Crippen LogP contribution in [0.4, 0.5) is 0 Å². The van der Waals surface area contributed by atoms with E-state index in [0.29, 0.717) is 25.7 Å². The number of amides is 2. The molecule has 2 amide bonds. The fourth-order valence-corrected chi connectivity index (χ4v) is 4.11. The molecule has 136 valence electrons. The number of carbonyl (C=O) groups is 2. The summed E-state index contributed by atoms with van der Waals surface area (Å²) in [5.74, 6) is -0.150. The van der Waals surface area contributed by atoms with E-state index in [9.17, 15) is 9.59 Å². The summed E-state index contributed by atoms with van der Waals surface area (Å²) in [4.78, 5) is 28.7. The van der Waals surface area contributed by atoms with Gasteiger partial charge >= 0.3 is 0 Å². The van der Waals surface area contributed by atoms with Gasteiger partial charge in [0.1, 0.15) is 0 Å². The van der Waals surface area contributed by atoms with Crippen molar-refractivity contribution in [1.29, 1.82) is 0 Å². The van der Waals surface area contributed by atoms with Crippen molar-refractivity contribution in [2.24, 2.45) is 5.73 Å². The van der Waals surface area contributed by atoms with Gasteiger partial charge in [0, 0.05) is 31.8 Å². The van der Waals surface area contributed by atoms with E-state index in [4.69, 9.17) is 10.5 Å². The third kappa shape index (κ3) is 3.85. The summed E-state index contributed by atoms with van der Waals surface area (Å²) in [7, 11) is 1.64. The molecule has 0 saturated carbocycles. The molecule has 3 rings (SSSR count). The molecule has 2 saturated heterocycles. The molecule has 1 aromatic carbocycles. The van der Waals surface area contributed by atoms with Crippen LogP contribution in [0, 0.1) is 0 Å². The predicted octanol–water partition coefficient (Wildman–Crippen LogP) is 1.39. The minimum Gasteiger partial charge on any atom is -0.380 e. The Morgan fingerprint density at radius 2 is 1.88 bits per heavy atom. The molecule has 2 N–H and O–H groups in total. The fourth-order valence-electron chi connectivity index (χ4n) is 4.11. The molecule has 0 bridgehead atoms. The Hall–Kier alpha value is -1.92. The molecule has 1 atom stereocenters. The zero-order valence-electron chi connectivity index (χ0n) is 14.8. The number of primary amides is 1. The van der Waals surface area contributed by atoms with Crippen molar-refractivity contribution in [3.63, 3.8) is 0 Å². The maximum absolute atomic E-state index is 12.9. The highest BCUT2D eigenvalue weighted by molar-refractivity contribution is 5.95. The topological polar surface area (TPSA) is 75.9 Å². The van der Waals surface area contributed by atoms with Gasteiger partial charge in [-0.15, -0.1) is 0 Å². The van der Waals surface area contributed by atoms with Crippen molar-refractivity contribution >= 4 is 11.8 Å². The van der Waals surface area contributed by atoms with E-state index in [1.165, 1.54) is 0 Å². The first-order chi connectivity index (χ1) is 12.1. The summed E-state index contributed by atoms with van der Waals surface area (Å²) < 4.78 is 5.20. The molecule has 0 radical (unpaired) electrons. The first kappa shape index (κ1) is 17.9. The molecule has 2 aliphatic heterocycles. The minimum absolute atomic E-state index is 0.0685. The Morgan fingerprint density at radius 1 is 1.16 bits per heavy atom. The number of ether oxygens (including phenoxy) is 1. The smallest absolute Gasteiger partial charge is 0.254 e. The molecular weight excluding hydrogens is 318 g/mol. The number of nitrogens with zero attached hydrogens (tertiary/aromatic N) is 2. The minimum atomic E-state index is -0.218. The van der Waals surface area contributed by atoms with Gasteiger partial charge in [0.25, 0.3) is 5.91 Å². The Kier molecular flexibility index (Phi) is 5.71. The summed E-state index contributed by atoms with van der Waals surface area (Å²) in [6.07, 6.45) is 3.67. The average Bonchev–Trinajstić information content (AvgIpc) is 3.12. The van der Waals surface area contributed by atoms with E-state index in [2.05, 4.69) is 4.90 Å². The Labute approximate surface area is 148 Å². The van der Waals surface area contributed by atoms with Crippen molar-refractivity contribution in [2.75, 3.05) is 26.7 Å². The number of nitrogens with two attached hydrogens (primary N) is 1. The zero-order valence-corrected chi connectivity index (χ0v) is 14.8. The van der Waals surface area contributed by atoms with Gasteiger partial charge in [-0.25, -0.2) is 0 Å². The van der Waals surface area contributed by atoms with Gasteiger partial charge in [0.2, 0.25) is 5.91 Å². The molecule has 0 aliphatic carbocycles. The maximum atomic E-state index is 12.9. The second-order valence-electron chi connectivity index (χ2n) is 6.91. The molecule has 2 aliphatic rings. The van der Waals surface area contributed by atoms with Crippen LogP contribution < -0.4 is 5.73 Å². The van der Waals surface area contributed by atoms with Gasteiger partial charge in [-0.1, -0.05) is 18.2 Å². The molecule has 1 unspecified atom stereocenters. The standard InChI is InChI=1S/C19H27N3O3/c1-25-13-14-5-2-3-6-16(14)19(24)21-11-8-15(9-12-21)22-10-4-7-17(22)18(20)23/h2-3,5-6,15,17H,4,7-13H2,1H3,(H2,20,23). The van der Waals surface area contributed by atoms with Crippen molar-refractivity contribution < 1.29 is 14.3 Å². The molecular formula is C19H27N3O3. The number of hydrogen-bond donors (Lipinski definition) is 1. The van der Waals surface area contributed by atoms with Crippen LogP contribution in [-0.4, -0.2) is 60.4 Å². The molecule has 6 nitrogen and oxygen atoms in total. The first-order valence-electron chi connectivity index (χ1n) is 9.03. The largest absolute Gasteiger partial charge is 0.380 e. The summed E-state index contributed by atoms with van der Waals surface area (Å²) in [5.41, 5.74) is 7.18. The summed E-state index contributed by atoms with van der Waals surface area (Å²) in [6, 6.07) is 7.83. The normalized spacial score (nSPS) is 22.3. The molecule has 0 spiro atoms. The van der Waals surface area contributed by atoms with Gasteiger partial charge < -0.3 is 15.4 Å². The monoisotopic (exact) mass is 345 g/mol. The lowest BCUT2D eigenvalue weighted by atomic mass is 10.00. The van der Waals surface area contributed by atoms with Crippen LogP contribution in [-0.2, 0) is 16.1 Å². The quantitative estimate of drug-likeness (QED) is 0.875. The van der Waals surface area contributed by atoms with Crippen LogP contribution in [0.25, 0.3) is 0 Å². The lowest BCUT2D eigenvalue weighted by Gasteiger charge is -2.38. The van der Waals surface area contributed by atoms with Crippen LogP contribution in [0.1, 0.15) is 41.6 Å². The van der Waals surface area contributed by atoms with Crippen molar-refractivity contribution in [1.82, 2.24) is 9.80 Å². The third-order valence-electron chi connectivity index (χ3n) is 5.39. The van der Waals surface area contributed by atoms with E-state index in [1.807, 2.05) is 29.2 Å². The number of rotatable bonds is 5. The zero-order chi connectivity index (χ0) is 17.8. The number of piperidine rings is 1. The third-order valence-corrected chi connectivity index (χ3v) is 5.39. The number of carbonyl (C=O) groups excluding carboxylic acids is 2. The highest BCUT2D eigenvalue weighted by atomic mass is 16.5. The van der Waals surface area contributed by atoms with Gasteiger partial charge in [0.05, 0.1) is 12.6 Å². The van der Waals surface area contributed by atoms with E-state index in [-0.39, 0.29) is 17.9 Å². The van der Waals surface area contributed by atoms with Crippen molar-refractivity contribution in [3.8, 4) is 0 Å². The average molecular weight is 345 g/mol. The first-order valence-corrected chi connectivity index (χ1v) is 9.03. The second-order valence-corrected chi connectivity index (χ2v) is 6.91. The summed E-state index contributed by atoms with van der Waals surface area (Å²) >= 11 is 0. The van der Waals surface area contributed by atoms with Crippen LogP contribution in [0.15, 0.2) is 24.3 Å². The Morgan fingerprint density at radius 3 is 2.56 bits per heavy atom. The van der Waals surface area contributed by atoms with Crippen molar-refractivity contribution in [2.45, 2.75) is 44.4 Å². The molecule has 6 heteroatoms. The summed E-state index contributed by atoms with van der Waals surface area (Å²) in [5, 5.41) is 0. The van der Waals surface area contributed by atoms with Gasteiger partial charge in [-0.05, 0) is 43.9 Å². The predicted molar refractivity (Wildman–Crippen MR) is 95.0 cm³/mol. The number of benzene rings is 1. The van der Waals surface area contributed by atoms with Crippen LogP contribution in [0.5, 0.6) is 0 Å². The molecule has 1 aromatic rings. The van der Waals surface area contributed by atoms with Gasteiger partial charge in [-0.3, -0.25) is 14.5 Å². The molecule has 2 heterocycles. The number of hydrogen-bond acceptors (Lipinski definition) is 4. The van der Waals surface area contributed by atoms with E-state index >= 15 is 0 Å². The van der Waals surface area contributed by atoms with Gasteiger partial charge in [0.15, 0.2) is 0 Å². The number of methoxy groups -OCH3 is 1. The molecule has 25 heavy (non-hydrogen) atoms. The van der Waals surface area contributed by atoms with E-state index < -0.39 is 0 Å². The molecule has 0 aromatic heterocycles. The van der Waals surface area contributed by atoms with Crippen LogP contribution in [0.3, 0.4) is 0 Å². The maximum Gasteiger partial charge on any atom is 0.254 e. The van der Waals surface area contributed by atoms with Crippen LogP contribution >= 0.6 is 0 Å². The highest BCUT2D eigenvalue weighted by Gasteiger charge is 2.36. The van der Waals surface area contributed by atoms with Crippen molar-refractivity contribution in [3.05, 3.63) is 35.4 Å². The fraction of sp³-hybridized carbons (Fsp3) is 0.579. The van der Waals surface area contributed by atoms with E-state index in [1.54, 1.807) is 7.11 Å². The molecule has 2 fully saturated rings. The Balaban J connectivity index is 1.62. The van der Waals surface area contributed by atoms with E-state index in [0.717, 1.165) is 43.4 Å². The van der Waals surface area contributed by atoms with Gasteiger partial charge in [-0.2, -0.15) is 0 Å². The SMILES string of the molecule is COCc1ccccc1C(=O)N1CCC(N2CCCC2C(N)=O)CC1. The highest BCUT2D eigenvalue weighted by Crippen LogP contribution is 2.26. The summed E-state index contributed by atoms with van der Waals surface area (Å²) in [6.45, 7) is 2.80. The van der Waals surface area contributed by atoms with Crippen LogP contribution in [0.2, 0.25) is 0 Å². The second kappa shape index (κ2) is 7.97. The number of likely N-dealkylation sites (tertiary alicyclic amines) is 2. The Bertz CT molecular complexity index is 626. The lowest BCUT2D eigenvalue weighted by molar-refractivity contribution is -0.123.